The van der Waals surface area contributed by atoms with Gasteiger partial charge in [-0.3, -0.25) is 4.79 Å². The maximum absolute atomic E-state index is 13.1. The van der Waals surface area contributed by atoms with E-state index in [1.807, 2.05) is 35.2 Å². The fourth-order valence-electron chi connectivity index (χ4n) is 3.80. The van der Waals surface area contributed by atoms with Crippen molar-refractivity contribution in [2.75, 3.05) is 18.4 Å². The molecule has 2 aromatic carbocycles. The number of nitrogens with one attached hydrogen (secondary N) is 1. The van der Waals surface area contributed by atoms with Gasteiger partial charge in [-0.05, 0) is 68.5 Å². The molecule has 0 saturated carbocycles. The smallest absolute Gasteiger partial charge is 0.272 e. The van der Waals surface area contributed by atoms with Gasteiger partial charge in [0.2, 0.25) is 0 Å². The first kappa shape index (κ1) is 18.5. The van der Waals surface area contributed by atoms with E-state index in [2.05, 4.69) is 44.3 Å². The van der Waals surface area contributed by atoms with Gasteiger partial charge in [-0.2, -0.15) is 0 Å². The summed E-state index contributed by atoms with van der Waals surface area (Å²) in [7, 11) is 0. The van der Waals surface area contributed by atoms with Crippen LogP contribution in [-0.2, 0) is 0 Å². The molecule has 3 aromatic rings. The van der Waals surface area contributed by atoms with Crippen LogP contribution >= 0.6 is 0 Å². The molecule has 1 aliphatic rings. The van der Waals surface area contributed by atoms with Gasteiger partial charge >= 0.3 is 0 Å². The SMILES string of the molecule is Cc1cccc(Nc2cc(C(=O)N3CCC(C)CC3)nc3ccc(C)cc23)c1. The number of aryl methyl sites for hydroxylation is 2. The topological polar surface area (TPSA) is 45.2 Å². The molecule has 2 heterocycles. The second-order valence-corrected chi connectivity index (χ2v) is 8.04. The van der Waals surface area contributed by atoms with Gasteiger partial charge < -0.3 is 10.2 Å². The Morgan fingerprint density at radius 2 is 1.79 bits per heavy atom. The number of carbonyl (C=O) groups excluding carboxylic acids is 1. The molecule has 28 heavy (non-hydrogen) atoms. The van der Waals surface area contributed by atoms with Crippen LogP contribution in [0.2, 0.25) is 0 Å². The number of rotatable bonds is 3. The van der Waals surface area contributed by atoms with Crippen LogP contribution in [0.5, 0.6) is 0 Å². The molecule has 144 valence electrons. The van der Waals surface area contributed by atoms with Crippen molar-refractivity contribution in [1.82, 2.24) is 9.88 Å². The van der Waals surface area contributed by atoms with Crippen LogP contribution in [0.3, 0.4) is 0 Å². The maximum Gasteiger partial charge on any atom is 0.272 e. The van der Waals surface area contributed by atoms with Crippen LogP contribution in [0.1, 0.15) is 41.4 Å². The number of nitrogens with zero attached hydrogens (tertiary/aromatic N) is 2. The Morgan fingerprint density at radius 3 is 2.54 bits per heavy atom. The number of amides is 1. The highest BCUT2D eigenvalue weighted by molar-refractivity contribution is 6.00. The molecule has 4 rings (SSSR count). The second kappa shape index (κ2) is 7.63. The summed E-state index contributed by atoms with van der Waals surface area (Å²) in [6.45, 7) is 8.03. The third-order valence-corrected chi connectivity index (χ3v) is 5.55. The van der Waals surface area contributed by atoms with Gasteiger partial charge in [-0.15, -0.1) is 0 Å². The number of anilines is 2. The summed E-state index contributed by atoms with van der Waals surface area (Å²) >= 11 is 0. The molecule has 0 spiro atoms. The molecule has 4 nitrogen and oxygen atoms in total. The van der Waals surface area contributed by atoms with E-state index in [0.29, 0.717) is 11.6 Å². The molecule has 1 aliphatic heterocycles. The van der Waals surface area contributed by atoms with Crippen LogP contribution in [0.25, 0.3) is 10.9 Å². The molecule has 0 atom stereocenters. The number of aromatic nitrogens is 1. The summed E-state index contributed by atoms with van der Waals surface area (Å²) in [6, 6.07) is 16.3. The average Bonchev–Trinajstić information content (AvgIpc) is 2.68. The second-order valence-electron chi connectivity index (χ2n) is 8.04. The Morgan fingerprint density at radius 1 is 1.04 bits per heavy atom. The molecule has 1 aromatic heterocycles. The lowest BCUT2D eigenvalue weighted by atomic mass is 9.99. The van der Waals surface area contributed by atoms with E-state index in [4.69, 9.17) is 4.98 Å². The van der Waals surface area contributed by atoms with Crippen LogP contribution < -0.4 is 5.32 Å². The monoisotopic (exact) mass is 373 g/mol. The number of carbonyl (C=O) groups is 1. The standard InChI is InChI=1S/C24H27N3O/c1-16-9-11-27(12-10-16)24(28)23-15-22(25-19-6-4-5-17(2)13-19)20-14-18(3)7-8-21(20)26-23/h4-8,13-16H,9-12H2,1-3H3,(H,25,26). The fourth-order valence-corrected chi connectivity index (χ4v) is 3.80. The minimum absolute atomic E-state index is 0.0293. The van der Waals surface area contributed by atoms with E-state index in [0.717, 1.165) is 48.2 Å². The van der Waals surface area contributed by atoms with E-state index >= 15 is 0 Å². The number of likely N-dealkylation sites (tertiary alicyclic amines) is 1. The summed E-state index contributed by atoms with van der Waals surface area (Å²) in [6.07, 6.45) is 2.12. The van der Waals surface area contributed by atoms with Crippen LogP contribution in [-0.4, -0.2) is 28.9 Å². The van der Waals surface area contributed by atoms with Gasteiger partial charge in [0.05, 0.1) is 11.2 Å². The largest absolute Gasteiger partial charge is 0.355 e. The highest BCUT2D eigenvalue weighted by Crippen LogP contribution is 2.29. The van der Waals surface area contributed by atoms with Crippen molar-refractivity contribution < 1.29 is 4.79 Å². The molecule has 0 unspecified atom stereocenters. The quantitative estimate of drug-likeness (QED) is 0.662. The zero-order chi connectivity index (χ0) is 19.7. The van der Waals surface area contributed by atoms with Crippen molar-refractivity contribution in [3.8, 4) is 0 Å². The first-order chi connectivity index (χ1) is 13.5. The Bertz CT molecular complexity index is 1020. The zero-order valence-electron chi connectivity index (χ0n) is 16.8. The maximum atomic E-state index is 13.1. The molecular formula is C24H27N3O. The Kier molecular flexibility index (Phi) is 5.03. The fraction of sp³-hybridized carbons (Fsp3) is 0.333. The number of benzene rings is 2. The van der Waals surface area contributed by atoms with Crippen LogP contribution in [0.4, 0.5) is 11.4 Å². The summed E-state index contributed by atoms with van der Waals surface area (Å²) in [5.41, 5.74) is 5.66. The van der Waals surface area contributed by atoms with Gasteiger partial charge in [-0.1, -0.05) is 30.7 Å². The van der Waals surface area contributed by atoms with Gasteiger partial charge in [0.15, 0.2) is 0 Å². The van der Waals surface area contributed by atoms with Gasteiger partial charge in [-0.25, -0.2) is 4.98 Å². The first-order valence-corrected chi connectivity index (χ1v) is 10.0. The highest BCUT2D eigenvalue weighted by atomic mass is 16.2. The third kappa shape index (κ3) is 3.86. The van der Waals surface area contributed by atoms with Crippen molar-refractivity contribution in [1.29, 1.82) is 0 Å². The summed E-state index contributed by atoms with van der Waals surface area (Å²) < 4.78 is 0. The van der Waals surface area contributed by atoms with Gasteiger partial charge in [0.1, 0.15) is 5.69 Å². The lowest BCUT2D eigenvalue weighted by Gasteiger charge is -2.30. The third-order valence-electron chi connectivity index (χ3n) is 5.55. The molecule has 1 N–H and O–H groups in total. The average molecular weight is 374 g/mol. The molecule has 0 aliphatic carbocycles. The number of pyridine rings is 1. The van der Waals surface area contributed by atoms with Crippen molar-refractivity contribution in [2.24, 2.45) is 5.92 Å². The van der Waals surface area contributed by atoms with E-state index in [-0.39, 0.29) is 5.91 Å². The molecule has 4 heteroatoms. The Labute approximate surface area is 166 Å². The summed E-state index contributed by atoms with van der Waals surface area (Å²) in [5.74, 6) is 0.719. The molecule has 0 bridgehead atoms. The lowest BCUT2D eigenvalue weighted by Crippen LogP contribution is -2.38. The molecular weight excluding hydrogens is 346 g/mol. The Balaban J connectivity index is 1.74. The molecule has 0 radical (unpaired) electrons. The minimum atomic E-state index is 0.0293. The van der Waals surface area contributed by atoms with E-state index < -0.39 is 0 Å². The zero-order valence-corrected chi connectivity index (χ0v) is 16.8. The van der Waals surface area contributed by atoms with Gasteiger partial charge in [0, 0.05) is 24.2 Å². The predicted molar refractivity (Wildman–Crippen MR) is 115 cm³/mol. The highest BCUT2D eigenvalue weighted by Gasteiger charge is 2.23. The van der Waals surface area contributed by atoms with Crippen molar-refractivity contribution in [3.05, 3.63) is 65.4 Å². The van der Waals surface area contributed by atoms with E-state index in [9.17, 15) is 4.79 Å². The van der Waals surface area contributed by atoms with Crippen molar-refractivity contribution >= 4 is 28.2 Å². The number of hydrogen-bond donors (Lipinski definition) is 1. The molecule has 1 fully saturated rings. The first-order valence-electron chi connectivity index (χ1n) is 10.0. The number of hydrogen-bond acceptors (Lipinski definition) is 3. The lowest BCUT2D eigenvalue weighted by molar-refractivity contribution is 0.0692. The van der Waals surface area contributed by atoms with Crippen LogP contribution in [0, 0.1) is 19.8 Å². The van der Waals surface area contributed by atoms with E-state index in [1.165, 1.54) is 11.1 Å². The van der Waals surface area contributed by atoms with Crippen molar-refractivity contribution in [2.45, 2.75) is 33.6 Å². The van der Waals surface area contributed by atoms with Crippen molar-refractivity contribution in [3.63, 3.8) is 0 Å². The summed E-state index contributed by atoms with van der Waals surface area (Å²) in [5, 5.41) is 4.54. The van der Waals surface area contributed by atoms with Gasteiger partial charge in [0.25, 0.3) is 5.91 Å². The number of fused-ring (bicyclic) bond motifs is 1. The molecule has 1 amide bonds. The van der Waals surface area contributed by atoms with Crippen LogP contribution in [0.15, 0.2) is 48.5 Å². The van der Waals surface area contributed by atoms with E-state index in [1.54, 1.807) is 0 Å². The molecule has 1 saturated heterocycles. The minimum Gasteiger partial charge on any atom is -0.355 e. The normalized spacial score (nSPS) is 15.0. The Hall–Kier alpha value is -2.88. The number of piperidine rings is 1. The summed E-state index contributed by atoms with van der Waals surface area (Å²) in [4.78, 5) is 19.8. The predicted octanol–water partition coefficient (Wildman–Crippen LogP) is 5.47.